The fourth-order valence-corrected chi connectivity index (χ4v) is 2.57. The zero-order valence-corrected chi connectivity index (χ0v) is 10.6. The van der Waals surface area contributed by atoms with E-state index in [4.69, 9.17) is 10.5 Å². The van der Waals surface area contributed by atoms with E-state index in [1.807, 2.05) is 31.2 Å². The van der Waals surface area contributed by atoms with Crippen molar-refractivity contribution in [2.75, 3.05) is 5.73 Å². The Morgan fingerprint density at radius 2 is 2.22 bits per heavy atom. The first-order valence-electron chi connectivity index (χ1n) is 5.47. The summed E-state index contributed by atoms with van der Waals surface area (Å²) in [5, 5.41) is 1.02. The minimum atomic E-state index is 0.606. The number of ether oxygens (including phenoxy) is 1. The molecule has 5 heteroatoms. The van der Waals surface area contributed by atoms with E-state index in [0.717, 1.165) is 15.2 Å². The van der Waals surface area contributed by atoms with Crippen LogP contribution >= 0.6 is 11.3 Å². The van der Waals surface area contributed by atoms with E-state index in [-0.39, 0.29) is 0 Å². The van der Waals surface area contributed by atoms with Crippen molar-refractivity contribution in [2.45, 2.75) is 6.92 Å². The molecule has 0 saturated carbocycles. The van der Waals surface area contributed by atoms with Crippen LogP contribution in [0.2, 0.25) is 0 Å². The number of anilines is 1. The summed E-state index contributed by atoms with van der Waals surface area (Å²) in [4.78, 5) is 8.42. The van der Waals surface area contributed by atoms with E-state index < -0.39 is 0 Å². The van der Waals surface area contributed by atoms with Crippen LogP contribution in [-0.4, -0.2) is 9.97 Å². The Kier molecular flexibility index (Phi) is 2.60. The highest BCUT2D eigenvalue weighted by Gasteiger charge is 2.08. The molecule has 18 heavy (non-hydrogen) atoms. The summed E-state index contributed by atoms with van der Waals surface area (Å²) in [5.41, 5.74) is 7.49. The quantitative estimate of drug-likeness (QED) is 0.715. The van der Waals surface area contributed by atoms with Crippen molar-refractivity contribution in [3.8, 4) is 11.5 Å². The summed E-state index contributed by atoms with van der Waals surface area (Å²) in [5.74, 6) is 1.27. The first-order chi connectivity index (χ1) is 8.72. The maximum absolute atomic E-state index is 5.98. The van der Waals surface area contributed by atoms with Crippen LogP contribution in [0.1, 0.15) is 5.01 Å². The molecule has 2 aromatic heterocycles. The average Bonchev–Trinajstić information content (AvgIpc) is 2.70. The van der Waals surface area contributed by atoms with Gasteiger partial charge in [-0.25, -0.2) is 4.98 Å². The number of thiazole rings is 1. The van der Waals surface area contributed by atoms with Crippen LogP contribution in [0, 0.1) is 6.92 Å². The van der Waals surface area contributed by atoms with Crippen LogP contribution in [0.15, 0.2) is 36.7 Å². The van der Waals surface area contributed by atoms with Crippen LogP contribution in [0.5, 0.6) is 11.5 Å². The molecule has 3 aromatic rings. The van der Waals surface area contributed by atoms with Crippen molar-refractivity contribution in [1.82, 2.24) is 9.97 Å². The van der Waals surface area contributed by atoms with E-state index in [1.165, 1.54) is 0 Å². The van der Waals surface area contributed by atoms with Gasteiger partial charge in [-0.1, -0.05) is 0 Å². The lowest BCUT2D eigenvalue weighted by Gasteiger charge is -2.07. The lowest BCUT2D eigenvalue weighted by atomic mass is 10.3. The minimum Gasteiger partial charge on any atom is -0.453 e. The number of hydrogen-bond donors (Lipinski definition) is 1. The number of fused-ring (bicyclic) bond motifs is 1. The zero-order valence-electron chi connectivity index (χ0n) is 9.75. The van der Waals surface area contributed by atoms with Gasteiger partial charge >= 0.3 is 0 Å². The summed E-state index contributed by atoms with van der Waals surface area (Å²) in [6, 6.07) is 7.41. The molecule has 3 rings (SSSR count). The lowest BCUT2D eigenvalue weighted by molar-refractivity contribution is 0.483. The summed E-state index contributed by atoms with van der Waals surface area (Å²) < 4.78 is 6.78. The van der Waals surface area contributed by atoms with Gasteiger partial charge < -0.3 is 10.5 Å². The maximum atomic E-state index is 5.98. The number of nitrogen functional groups attached to an aromatic ring is 1. The molecule has 0 saturated heterocycles. The van der Waals surface area contributed by atoms with Crippen LogP contribution in [0.4, 0.5) is 5.69 Å². The highest BCUT2D eigenvalue weighted by Crippen LogP contribution is 2.33. The van der Waals surface area contributed by atoms with Gasteiger partial charge in [-0.3, -0.25) is 4.98 Å². The van der Waals surface area contributed by atoms with E-state index in [9.17, 15) is 0 Å². The summed E-state index contributed by atoms with van der Waals surface area (Å²) in [6.45, 7) is 1.97. The van der Waals surface area contributed by atoms with Gasteiger partial charge in [0.15, 0.2) is 5.75 Å². The second-order valence-corrected chi connectivity index (χ2v) is 5.12. The van der Waals surface area contributed by atoms with Gasteiger partial charge in [0.2, 0.25) is 0 Å². The number of aromatic nitrogens is 2. The SMILES string of the molecule is Cc1nc2cc(Oc3cccnc3)c(N)cc2s1. The Morgan fingerprint density at radius 1 is 1.33 bits per heavy atom. The molecule has 0 aliphatic carbocycles. The number of pyridine rings is 1. The van der Waals surface area contributed by atoms with Crippen LogP contribution in [-0.2, 0) is 0 Å². The Hall–Kier alpha value is -2.14. The van der Waals surface area contributed by atoms with E-state index in [1.54, 1.807) is 23.7 Å². The Bertz CT molecular complexity index is 694. The largest absolute Gasteiger partial charge is 0.453 e. The molecule has 1 aromatic carbocycles. The summed E-state index contributed by atoms with van der Waals surface area (Å²) in [6.07, 6.45) is 3.35. The Balaban J connectivity index is 2.03. The highest BCUT2D eigenvalue weighted by molar-refractivity contribution is 7.18. The van der Waals surface area contributed by atoms with Crippen LogP contribution in [0.25, 0.3) is 10.2 Å². The van der Waals surface area contributed by atoms with Crippen molar-refractivity contribution < 1.29 is 4.74 Å². The number of nitrogens with zero attached hydrogens (tertiary/aromatic N) is 2. The Labute approximate surface area is 108 Å². The van der Waals surface area contributed by atoms with Gasteiger partial charge in [-0.05, 0) is 25.1 Å². The van der Waals surface area contributed by atoms with Gasteiger partial charge in [-0.15, -0.1) is 11.3 Å². The molecule has 2 N–H and O–H groups in total. The molecule has 0 radical (unpaired) electrons. The van der Waals surface area contributed by atoms with Gasteiger partial charge in [0, 0.05) is 12.3 Å². The van der Waals surface area contributed by atoms with Crippen molar-refractivity contribution in [3.05, 3.63) is 41.7 Å². The third kappa shape index (κ3) is 2.00. The normalized spacial score (nSPS) is 10.7. The molecule has 0 aliphatic rings. The lowest BCUT2D eigenvalue weighted by Crippen LogP contribution is -1.92. The first kappa shape index (κ1) is 11.0. The van der Waals surface area contributed by atoms with E-state index in [0.29, 0.717) is 17.2 Å². The van der Waals surface area contributed by atoms with Crippen molar-refractivity contribution in [1.29, 1.82) is 0 Å². The molecule has 0 spiro atoms. The first-order valence-corrected chi connectivity index (χ1v) is 6.28. The summed E-state index contributed by atoms with van der Waals surface area (Å²) >= 11 is 1.62. The van der Waals surface area contributed by atoms with Crippen molar-refractivity contribution in [2.24, 2.45) is 0 Å². The predicted molar refractivity (Wildman–Crippen MR) is 73.1 cm³/mol. The van der Waals surface area contributed by atoms with Gasteiger partial charge in [0.25, 0.3) is 0 Å². The second kappa shape index (κ2) is 4.27. The smallest absolute Gasteiger partial charge is 0.152 e. The van der Waals surface area contributed by atoms with Gasteiger partial charge in [0.05, 0.1) is 27.1 Å². The van der Waals surface area contributed by atoms with Gasteiger partial charge in [0.1, 0.15) is 5.75 Å². The monoisotopic (exact) mass is 257 g/mol. The topological polar surface area (TPSA) is 61.0 Å². The molecule has 0 unspecified atom stereocenters. The maximum Gasteiger partial charge on any atom is 0.152 e. The number of hydrogen-bond acceptors (Lipinski definition) is 5. The van der Waals surface area contributed by atoms with E-state index in [2.05, 4.69) is 9.97 Å². The second-order valence-electron chi connectivity index (χ2n) is 3.88. The molecular formula is C13H11N3OS. The third-order valence-corrected chi connectivity index (χ3v) is 3.42. The third-order valence-electron chi connectivity index (χ3n) is 2.49. The molecule has 0 amide bonds. The molecule has 4 nitrogen and oxygen atoms in total. The van der Waals surface area contributed by atoms with Crippen molar-refractivity contribution >= 4 is 27.2 Å². The highest BCUT2D eigenvalue weighted by atomic mass is 32.1. The molecule has 2 heterocycles. The predicted octanol–water partition coefficient (Wildman–Crippen LogP) is 3.37. The molecule has 90 valence electrons. The zero-order chi connectivity index (χ0) is 12.5. The molecule has 0 aliphatic heterocycles. The standard InChI is InChI=1S/C13H11N3OS/c1-8-16-11-6-12(10(14)5-13(11)18-8)17-9-3-2-4-15-7-9/h2-7H,14H2,1H3. The van der Waals surface area contributed by atoms with Crippen LogP contribution in [0.3, 0.4) is 0 Å². The molecule has 0 atom stereocenters. The van der Waals surface area contributed by atoms with E-state index >= 15 is 0 Å². The fraction of sp³-hybridized carbons (Fsp3) is 0.0769. The minimum absolute atomic E-state index is 0.606. The number of benzene rings is 1. The fourth-order valence-electron chi connectivity index (χ4n) is 1.71. The molecular weight excluding hydrogens is 246 g/mol. The molecule has 0 fully saturated rings. The number of rotatable bonds is 2. The average molecular weight is 257 g/mol. The summed E-state index contributed by atoms with van der Waals surface area (Å²) in [7, 11) is 0. The number of aryl methyl sites for hydroxylation is 1. The van der Waals surface area contributed by atoms with Crippen LogP contribution < -0.4 is 10.5 Å². The van der Waals surface area contributed by atoms with Crippen molar-refractivity contribution in [3.63, 3.8) is 0 Å². The molecule has 0 bridgehead atoms. The number of nitrogens with two attached hydrogens (primary N) is 1. The Morgan fingerprint density at radius 3 is 3.00 bits per heavy atom. The van der Waals surface area contributed by atoms with Gasteiger partial charge in [-0.2, -0.15) is 0 Å².